The highest BCUT2D eigenvalue weighted by Crippen LogP contribution is 2.23. The number of carboxylic acids is 1. The Balaban J connectivity index is 2.37. The van der Waals surface area contributed by atoms with Crippen LogP contribution in [-0.4, -0.2) is 43.8 Å². The molecule has 0 saturated heterocycles. The number of carboxylic acid groups (broad SMARTS) is 1. The minimum absolute atomic E-state index is 0.0604. The Kier molecular flexibility index (Phi) is 8.95. The van der Waals surface area contributed by atoms with E-state index in [0.717, 1.165) is 0 Å². The van der Waals surface area contributed by atoms with Crippen molar-refractivity contribution in [3.8, 4) is 5.75 Å². The fraction of sp³-hybridized carbons (Fsp3) is 0.375. The molecule has 0 atom stereocenters. The predicted molar refractivity (Wildman–Crippen MR) is 85.9 cm³/mol. The number of rotatable bonds is 12. The van der Waals surface area contributed by atoms with Crippen LogP contribution >= 0.6 is 0 Å². The maximum atomic E-state index is 11.3. The summed E-state index contributed by atoms with van der Waals surface area (Å²) in [5, 5.41) is 11.7. The first-order valence-electron chi connectivity index (χ1n) is 7.20. The van der Waals surface area contributed by atoms with E-state index in [1.54, 1.807) is 6.07 Å². The van der Waals surface area contributed by atoms with Gasteiger partial charge in [-0.25, -0.2) is 4.79 Å². The van der Waals surface area contributed by atoms with Gasteiger partial charge in [0.1, 0.15) is 11.3 Å². The van der Waals surface area contributed by atoms with Gasteiger partial charge in [-0.15, -0.1) is 0 Å². The quantitative estimate of drug-likeness (QED) is 0.342. The van der Waals surface area contributed by atoms with Crippen LogP contribution in [0.5, 0.6) is 5.75 Å². The predicted octanol–water partition coefficient (Wildman–Crippen LogP) is 2.22. The number of carbonyl (C=O) groups is 2. The summed E-state index contributed by atoms with van der Waals surface area (Å²) in [6.07, 6.45) is 1.93. The van der Waals surface area contributed by atoms with Gasteiger partial charge in [-0.1, -0.05) is 6.58 Å². The molecular formula is C16H21NO7. The number of benzene rings is 1. The highest BCUT2D eigenvalue weighted by molar-refractivity contribution is 5.95. The van der Waals surface area contributed by atoms with E-state index >= 15 is 0 Å². The van der Waals surface area contributed by atoms with E-state index in [2.05, 4.69) is 11.9 Å². The van der Waals surface area contributed by atoms with Gasteiger partial charge in [-0.05, 0) is 24.6 Å². The van der Waals surface area contributed by atoms with Crippen molar-refractivity contribution in [1.82, 2.24) is 0 Å². The zero-order valence-corrected chi connectivity index (χ0v) is 13.4. The van der Waals surface area contributed by atoms with Gasteiger partial charge in [0.15, 0.2) is 13.6 Å². The van der Waals surface area contributed by atoms with E-state index < -0.39 is 5.97 Å². The lowest BCUT2D eigenvalue weighted by atomic mass is 10.2. The molecule has 0 aliphatic rings. The lowest BCUT2D eigenvalue weighted by Gasteiger charge is -2.11. The van der Waals surface area contributed by atoms with Crippen LogP contribution in [-0.2, 0) is 19.0 Å². The van der Waals surface area contributed by atoms with Gasteiger partial charge in [0.05, 0.1) is 19.5 Å². The van der Waals surface area contributed by atoms with Crippen LogP contribution in [0.1, 0.15) is 23.7 Å². The second kappa shape index (κ2) is 11.0. The molecule has 1 aromatic carbocycles. The van der Waals surface area contributed by atoms with Crippen molar-refractivity contribution < 1.29 is 33.6 Å². The maximum Gasteiger partial charge on any atom is 0.339 e. The molecule has 0 aliphatic carbocycles. The van der Waals surface area contributed by atoms with Crippen LogP contribution in [0.25, 0.3) is 0 Å². The number of ether oxygens (including phenoxy) is 4. The summed E-state index contributed by atoms with van der Waals surface area (Å²) in [6, 6.07) is 4.34. The summed E-state index contributed by atoms with van der Waals surface area (Å²) in [5.74, 6) is -1.29. The van der Waals surface area contributed by atoms with Crippen molar-refractivity contribution in [1.29, 1.82) is 0 Å². The van der Waals surface area contributed by atoms with Crippen LogP contribution in [0.15, 0.2) is 31.0 Å². The van der Waals surface area contributed by atoms with Crippen LogP contribution in [0, 0.1) is 0 Å². The fourth-order valence-corrected chi connectivity index (χ4v) is 1.69. The molecule has 0 unspecified atom stereocenters. The van der Waals surface area contributed by atoms with Crippen molar-refractivity contribution in [2.24, 2.45) is 0 Å². The summed E-state index contributed by atoms with van der Waals surface area (Å²) in [4.78, 5) is 22.3. The van der Waals surface area contributed by atoms with E-state index in [1.165, 1.54) is 25.3 Å². The number of amides is 1. The third-order valence-electron chi connectivity index (χ3n) is 2.67. The molecule has 1 rings (SSSR count). The van der Waals surface area contributed by atoms with Crippen molar-refractivity contribution >= 4 is 17.6 Å². The fourth-order valence-electron chi connectivity index (χ4n) is 1.69. The smallest absolute Gasteiger partial charge is 0.339 e. The van der Waals surface area contributed by atoms with Crippen molar-refractivity contribution in [3.05, 3.63) is 36.6 Å². The Morgan fingerprint density at radius 2 is 1.96 bits per heavy atom. The summed E-state index contributed by atoms with van der Waals surface area (Å²) in [7, 11) is 0. The standard InChI is InChI=1S/C16H21NO7/c1-3-21-10-22-7-4-8-23-11-24-15-6-5-13(17-12(2)18)9-14(15)16(19)20/h3,5-6,9H,1,4,7-8,10-11H2,2H3,(H,17,18)(H,19,20). The minimum atomic E-state index is -1.16. The number of nitrogens with one attached hydrogen (secondary N) is 1. The molecule has 2 N–H and O–H groups in total. The van der Waals surface area contributed by atoms with E-state index in [4.69, 9.17) is 18.9 Å². The number of carbonyl (C=O) groups excluding carboxylic acids is 1. The molecule has 1 amide bonds. The van der Waals surface area contributed by atoms with Gasteiger partial charge >= 0.3 is 5.97 Å². The molecule has 0 heterocycles. The number of hydrogen-bond acceptors (Lipinski definition) is 6. The third kappa shape index (κ3) is 7.61. The van der Waals surface area contributed by atoms with Crippen LogP contribution in [0.4, 0.5) is 5.69 Å². The number of hydrogen-bond donors (Lipinski definition) is 2. The zero-order chi connectivity index (χ0) is 17.8. The molecule has 0 spiro atoms. The minimum Gasteiger partial charge on any atom is -0.478 e. The second-order valence-corrected chi connectivity index (χ2v) is 4.58. The highest BCUT2D eigenvalue weighted by atomic mass is 16.7. The van der Waals surface area contributed by atoms with Crippen LogP contribution in [0.3, 0.4) is 0 Å². The normalized spacial score (nSPS) is 10.0. The monoisotopic (exact) mass is 339 g/mol. The van der Waals surface area contributed by atoms with E-state index in [-0.39, 0.29) is 30.8 Å². The van der Waals surface area contributed by atoms with Crippen LogP contribution < -0.4 is 10.1 Å². The molecule has 8 heteroatoms. The highest BCUT2D eigenvalue weighted by Gasteiger charge is 2.13. The Bertz CT molecular complexity index is 559. The van der Waals surface area contributed by atoms with Gasteiger partial charge in [0.25, 0.3) is 0 Å². The Hall–Kier alpha value is -2.58. The molecular weight excluding hydrogens is 318 g/mol. The molecule has 132 valence electrons. The number of aromatic carboxylic acids is 1. The maximum absolute atomic E-state index is 11.3. The molecule has 0 aliphatic heterocycles. The van der Waals surface area contributed by atoms with E-state index in [1.807, 2.05) is 0 Å². The molecule has 0 bridgehead atoms. The van der Waals surface area contributed by atoms with Gasteiger partial charge in [0, 0.05) is 12.6 Å². The van der Waals surface area contributed by atoms with Crippen LogP contribution in [0.2, 0.25) is 0 Å². The second-order valence-electron chi connectivity index (χ2n) is 4.58. The number of anilines is 1. The average molecular weight is 339 g/mol. The SMILES string of the molecule is C=COCOCCCOCOc1ccc(NC(C)=O)cc1C(=O)O. The topological polar surface area (TPSA) is 103 Å². The summed E-state index contributed by atoms with van der Waals surface area (Å²) in [5.41, 5.74) is 0.321. The van der Waals surface area contributed by atoms with Crippen molar-refractivity contribution in [2.45, 2.75) is 13.3 Å². The molecule has 0 saturated carbocycles. The summed E-state index contributed by atoms with van der Waals surface area (Å²) >= 11 is 0. The summed E-state index contributed by atoms with van der Waals surface area (Å²) < 4.78 is 20.4. The molecule has 0 fully saturated rings. The van der Waals surface area contributed by atoms with Gasteiger partial charge in [-0.3, -0.25) is 4.79 Å². The molecule has 0 aromatic heterocycles. The van der Waals surface area contributed by atoms with Crippen molar-refractivity contribution in [3.63, 3.8) is 0 Å². The average Bonchev–Trinajstić information content (AvgIpc) is 2.53. The Labute approximate surface area is 140 Å². The first kappa shape index (κ1) is 19.5. The lowest BCUT2D eigenvalue weighted by Crippen LogP contribution is -2.11. The van der Waals surface area contributed by atoms with E-state index in [0.29, 0.717) is 25.3 Å². The van der Waals surface area contributed by atoms with Gasteiger partial charge in [0.2, 0.25) is 5.91 Å². The summed E-state index contributed by atoms with van der Waals surface area (Å²) in [6.45, 7) is 5.61. The molecule has 8 nitrogen and oxygen atoms in total. The molecule has 1 aromatic rings. The van der Waals surface area contributed by atoms with E-state index in [9.17, 15) is 14.7 Å². The first-order valence-corrected chi connectivity index (χ1v) is 7.20. The third-order valence-corrected chi connectivity index (χ3v) is 2.67. The van der Waals surface area contributed by atoms with Gasteiger partial charge < -0.3 is 29.4 Å². The molecule has 24 heavy (non-hydrogen) atoms. The zero-order valence-electron chi connectivity index (χ0n) is 13.4. The Morgan fingerprint density at radius 3 is 2.58 bits per heavy atom. The molecule has 0 radical (unpaired) electrons. The van der Waals surface area contributed by atoms with Gasteiger partial charge in [-0.2, -0.15) is 0 Å². The largest absolute Gasteiger partial charge is 0.478 e. The lowest BCUT2D eigenvalue weighted by molar-refractivity contribution is -0.114. The Morgan fingerprint density at radius 1 is 1.25 bits per heavy atom. The van der Waals surface area contributed by atoms with Crippen molar-refractivity contribution in [2.75, 3.05) is 32.1 Å². The first-order chi connectivity index (χ1) is 11.5.